The number of benzene rings is 1. The van der Waals surface area contributed by atoms with Crippen LogP contribution in [0.2, 0.25) is 0 Å². The fourth-order valence-electron chi connectivity index (χ4n) is 3.19. The Balaban J connectivity index is 2.18. The standard InChI is InChI=1S/C17H20N6O2S/c1-9-6-7-10(2)14(8-9)21-16(18-19-17(21)26)13(5)22-12(4)15(23(24)25)11(3)20-22/h6-8,13H,1-5H3,(H,19,26). The van der Waals surface area contributed by atoms with E-state index in [1.807, 2.05) is 43.5 Å². The van der Waals surface area contributed by atoms with Gasteiger partial charge >= 0.3 is 5.69 Å². The summed E-state index contributed by atoms with van der Waals surface area (Å²) in [6.45, 7) is 9.25. The zero-order chi connectivity index (χ0) is 19.2. The summed E-state index contributed by atoms with van der Waals surface area (Å²) in [7, 11) is 0. The molecule has 1 atom stereocenters. The van der Waals surface area contributed by atoms with Gasteiger partial charge in [0.25, 0.3) is 0 Å². The van der Waals surface area contributed by atoms with Crippen LogP contribution in [0.3, 0.4) is 0 Å². The Labute approximate surface area is 155 Å². The van der Waals surface area contributed by atoms with Gasteiger partial charge in [-0.2, -0.15) is 10.2 Å². The average Bonchev–Trinajstić information content (AvgIpc) is 3.09. The number of nitrogens with one attached hydrogen (secondary N) is 1. The monoisotopic (exact) mass is 372 g/mol. The Morgan fingerprint density at radius 2 is 1.96 bits per heavy atom. The van der Waals surface area contributed by atoms with E-state index >= 15 is 0 Å². The lowest BCUT2D eigenvalue weighted by Crippen LogP contribution is -2.16. The molecule has 2 heterocycles. The maximum absolute atomic E-state index is 11.3. The van der Waals surface area contributed by atoms with Crippen molar-refractivity contribution in [3.05, 3.63) is 61.4 Å². The minimum atomic E-state index is -0.400. The zero-order valence-electron chi connectivity index (χ0n) is 15.3. The number of H-pyrrole nitrogens is 1. The average molecular weight is 372 g/mol. The van der Waals surface area contributed by atoms with E-state index in [0.717, 1.165) is 16.8 Å². The van der Waals surface area contributed by atoms with E-state index in [9.17, 15) is 10.1 Å². The van der Waals surface area contributed by atoms with E-state index in [0.29, 0.717) is 22.0 Å². The molecule has 136 valence electrons. The fraction of sp³-hybridized carbons (Fsp3) is 0.353. The molecule has 0 aliphatic carbocycles. The van der Waals surface area contributed by atoms with E-state index < -0.39 is 4.92 Å². The number of aromatic amines is 1. The quantitative estimate of drug-likeness (QED) is 0.426. The number of aryl methyl sites for hydroxylation is 3. The molecule has 0 aliphatic rings. The Hall–Kier alpha value is -2.81. The summed E-state index contributed by atoms with van der Waals surface area (Å²) in [5.41, 5.74) is 3.99. The van der Waals surface area contributed by atoms with E-state index in [1.165, 1.54) is 0 Å². The van der Waals surface area contributed by atoms with Crippen LogP contribution in [-0.2, 0) is 0 Å². The van der Waals surface area contributed by atoms with Crippen molar-refractivity contribution in [3.63, 3.8) is 0 Å². The Kier molecular flexibility index (Phi) is 4.49. The SMILES string of the molecule is Cc1ccc(C)c(-n2c(C(C)n3nc(C)c([N+](=O)[O-])c3C)n[nH]c2=S)c1. The first-order valence-electron chi connectivity index (χ1n) is 8.17. The van der Waals surface area contributed by atoms with Crippen LogP contribution in [0.4, 0.5) is 5.69 Å². The van der Waals surface area contributed by atoms with Gasteiger partial charge in [0.05, 0.1) is 10.6 Å². The third-order valence-corrected chi connectivity index (χ3v) is 4.79. The lowest BCUT2D eigenvalue weighted by Gasteiger charge is -2.16. The van der Waals surface area contributed by atoms with Crippen molar-refractivity contribution in [1.82, 2.24) is 24.5 Å². The molecule has 0 saturated carbocycles. The van der Waals surface area contributed by atoms with Crippen LogP contribution < -0.4 is 0 Å². The van der Waals surface area contributed by atoms with E-state index in [1.54, 1.807) is 18.5 Å². The van der Waals surface area contributed by atoms with Crippen LogP contribution in [0.1, 0.15) is 41.3 Å². The fourth-order valence-corrected chi connectivity index (χ4v) is 3.42. The molecule has 3 rings (SSSR count). The molecule has 0 fully saturated rings. The lowest BCUT2D eigenvalue weighted by molar-refractivity contribution is -0.386. The van der Waals surface area contributed by atoms with Gasteiger partial charge in [0, 0.05) is 0 Å². The van der Waals surface area contributed by atoms with Gasteiger partial charge in [-0.15, -0.1) is 0 Å². The van der Waals surface area contributed by atoms with Crippen LogP contribution in [0.5, 0.6) is 0 Å². The predicted molar refractivity (Wildman–Crippen MR) is 100 cm³/mol. The second-order valence-corrected chi connectivity index (χ2v) is 6.80. The van der Waals surface area contributed by atoms with Gasteiger partial charge < -0.3 is 0 Å². The third-order valence-electron chi connectivity index (χ3n) is 4.51. The van der Waals surface area contributed by atoms with E-state index in [4.69, 9.17) is 12.2 Å². The number of hydrogen-bond donors (Lipinski definition) is 1. The highest BCUT2D eigenvalue weighted by molar-refractivity contribution is 7.71. The van der Waals surface area contributed by atoms with Crippen molar-refractivity contribution in [3.8, 4) is 5.69 Å². The highest BCUT2D eigenvalue weighted by Gasteiger charge is 2.27. The highest BCUT2D eigenvalue weighted by atomic mass is 32.1. The molecule has 0 spiro atoms. The minimum Gasteiger partial charge on any atom is -0.270 e. The number of rotatable bonds is 4. The Bertz CT molecular complexity index is 1060. The third kappa shape index (κ3) is 2.84. The van der Waals surface area contributed by atoms with Crippen LogP contribution >= 0.6 is 12.2 Å². The molecule has 2 aromatic heterocycles. The molecule has 1 aromatic carbocycles. The van der Waals surface area contributed by atoms with Gasteiger partial charge in [-0.1, -0.05) is 12.1 Å². The van der Waals surface area contributed by atoms with Gasteiger partial charge in [0.15, 0.2) is 10.6 Å². The lowest BCUT2D eigenvalue weighted by atomic mass is 10.1. The first-order chi connectivity index (χ1) is 12.2. The van der Waals surface area contributed by atoms with Crippen LogP contribution in [0.15, 0.2) is 18.2 Å². The largest absolute Gasteiger partial charge is 0.312 e. The summed E-state index contributed by atoms with van der Waals surface area (Å²) in [5.74, 6) is 0.643. The molecule has 0 radical (unpaired) electrons. The molecular weight excluding hydrogens is 352 g/mol. The number of nitrogens with zero attached hydrogens (tertiary/aromatic N) is 5. The topological polar surface area (TPSA) is 94.6 Å². The van der Waals surface area contributed by atoms with Crippen molar-refractivity contribution in [2.45, 2.75) is 40.7 Å². The molecule has 0 amide bonds. The summed E-state index contributed by atoms with van der Waals surface area (Å²) >= 11 is 5.44. The smallest absolute Gasteiger partial charge is 0.270 e. The molecule has 26 heavy (non-hydrogen) atoms. The first kappa shape index (κ1) is 18.0. The van der Waals surface area contributed by atoms with Gasteiger partial charge in [-0.25, -0.2) is 0 Å². The van der Waals surface area contributed by atoms with Crippen LogP contribution in [0, 0.1) is 42.6 Å². The van der Waals surface area contributed by atoms with Gasteiger partial charge in [-0.3, -0.25) is 24.5 Å². The van der Waals surface area contributed by atoms with E-state index in [2.05, 4.69) is 15.3 Å². The summed E-state index contributed by atoms with van der Waals surface area (Å²) in [6, 6.07) is 5.77. The van der Waals surface area contributed by atoms with Gasteiger partial charge in [0.1, 0.15) is 17.4 Å². The molecule has 1 unspecified atom stereocenters. The second kappa shape index (κ2) is 6.49. The predicted octanol–water partition coefficient (Wildman–Crippen LogP) is 3.88. The maximum Gasteiger partial charge on any atom is 0.312 e. The summed E-state index contributed by atoms with van der Waals surface area (Å²) < 4.78 is 3.96. The van der Waals surface area contributed by atoms with Crippen molar-refractivity contribution >= 4 is 17.9 Å². The van der Waals surface area contributed by atoms with Crippen molar-refractivity contribution in [1.29, 1.82) is 0 Å². The molecule has 0 saturated heterocycles. The van der Waals surface area contributed by atoms with Crippen molar-refractivity contribution in [2.24, 2.45) is 0 Å². The van der Waals surface area contributed by atoms with Crippen LogP contribution in [-0.4, -0.2) is 29.5 Å². The van der Waals surface area contributed by atoms with Gasteiger partial charge in [0.2, 0.25) is 0 Å². The van der Waals surface area contributed by atoms with Crippen molar-refractivity contribution < 1.29 is 4.92 Å². The molecular formula is C17H20N6O2S. The molecule has 3 aromatic rings. The Morgan fingerprint density at radius 1 is 1.27 bits per heavy atom. The second-order valence-electron chi connectivity index (χ2n) is 6.41. The minimum absolute atomic E-state index is 0.0317. The molecule has 9 heteroatoms. The first-order valence-corrected chi connectivity index (χ1v) is 8.58. The molecule has 0 aliphatic heterocycles. The number of hydrogen-bond acceptors (Lipinski definition) is 5. The summed E-state index contributed by atoms with van der Waals surface area (Å²) in [4.78, 5) is 10.9. The summed E-state index contributed by atoms with van der Waals surface area (Å²) in [6.07, 6.45) is 0. The number of aromatic nitrogens is 5. The number of nitro groups is 1. The summed E-state index contributed by atoms with van der Waals surface area (Å²) in [5, 5.41) is 22.9. The maximum atomic E-state index is 11.3. The molecule has 8 nitrogen and oxygen atoms in total. The van der Waals surface area contributed by atoms with E-state index in [-0.39, 0.29) is 11.7 Å². The van der Waals surface area contributed by atoms with Gasteiger partial charge in [-0.05, 0) is 64.0 Å². The van der Waals surface area contributed by atoms with Crippen LogP contribution in [0.25, 0.3) is 5.69 Å². The highest BCUT2D eigenvalue weighted by Crippen LogP contribution is 2.28. The normalized spacial score (nSPS) is 12.3. The zero-order valence-corrected chi connectivity index (χ0v) is 16.1. The van der Waals surface area contributed by atoms with Crippen molar-refractivity contribution in [2.75, 3.05) is 0 Å². The molecule has 1 N–H and O–H groups in total. The Morgan fingerprint density at radius 3 is 2.58 bits per heavy atom. The molecule has 0 bridgehead atoms.